The van der Waals surface area contributed by atoms with Crippen molar-refractivity contribution in [1.82, 2.24) is 9.55 Å². The number of carboxylic acid groups (broad SMARTS) is 1. The van der Waals surface area contributed by atoms with Gasteiger partial charge >= 0.3 is 5.97 Å². The van der Waals surface area contributed by atoms with Crippen molar-refractivity contribution in [3.63, 3.8) is 0 Å². The predicted octanol–water partition coefficient (Wildman–Crippen LogP) is 2.04. The topological polar surface area (TPSA) is 84.6 Å². The number of aliphatic hydroxyl groups is 1. The first-order chi connectivity index (χ1) is 11.2. The molecule has 1 aromatic heterocycles. The Bertz CT molecular complexity index is 689. The van der Waals surface area contributed by atoms with Crippen molar-refractivity contribution in [2.75, 3.05) is 19.8 Å². The summed E-state index contributed by atoms with van der Waals surface area (Å²) < 4.78 is 7.33. The van der Waals surface area contributed by atoms with E-state index in [1.54, 1.807) is 30.5 Å². The van der Waals surface area contributed by atoms with E-state index in [0.717, 1.165) is 12.8 Å². The van der Waals surface area contributed by atoms with Crippen molar-refractivity contribution < 1.29 is 19.7 Å². The summed E-state index contributed by atoms with van der Waals surface area (Å²) in [5, 5.41) is 19.2. The van der Waals surface area contributed by atoms with E-state index in [1.165, 1.54) is 0 Å². The van der Waals surface area contributed by atoms with Crippen molar-refractivity contribution in [1.29, 1.82) is 0 Å². The molecule has 1 aliphatic heterocycles. The van der Waals surface area contributed by atoms with Crippen molar-refractivity contribution in [2.45, 2.75) is 19.4 Å². The average Bonchev–Trinajstić information content (AvgIpc) is 3.03. The summed E-state index contributed by atoms with van der Waals surface area (Å²) in [6.45, 7) is 1.94. The Balaban J connectivity index is 1.96. The molecular weight excluding hydrogens is 296 g/mol. The average molecular weight is 316 g/mol. The summed E-state index contributed by atoms with van der Waals surface area (Å²) in [4.78, 5) is 15.8. The number of hydrogen-bond donors (Lipinski definition) is 2. The van der Waals surface area contributed by atoms with Crippen LogP contribution in [-0.2, 0) is 11.3 Å². The maximum Gasteiger partial charge on any atom is 0.336 e. The molecule has 2 aromatic rings. The van der Waals surface area contributed by atoms with Gasteiger partial charge in [0.1, 0.15) is 5.82 Å². The summed E-state index contributed by atoms with van der Waals surface area (Å²) in [7, 11) is 0. The molecule has 6 nitrogen and oxygen atoms in total. The van der Waals surface area contributed by atoms with Gasteiger partial charge in [0.15, 0.2) is 0 Å². The molecule has 0 spiro atoms. The minimum Gasteiger partial charge on any atom is -0.478 e. The number of rotatable bonds is 5. The Labute approximate surface area is 134 Å². The largest absolute Gasteiger partial charge is 0.478 e. The fourth-order valence-corrected chi connectivity index (χ4v) is 3.08. The zero-order chi connectivity index (χ0) is 16.3. The molecule has 6 heteroatoms. The van der Waals surface area contributed by atoms with Crippen LogP contribution in [0.1, 0.15) is 23.2 Å². The van der Waals surface area contributed by atoms with Gasteiger partial charge in [0.25, 0.3) is 0 Å². The lowest BCUT2D eigenvalue weighted by Crippen LogP contribution is -2.37. The lowest BCUT2D eigenvalue weighted by molar-refractivity contribution is -0.0250. The van der Waals surface area contributed by atoms with Gasteiger partial charge in [0.05, 0.1) is 12.2 Å². The number of aromatic nitrogens is 2. The minimum atomic E-state index is -0.974. The van der Waals surface area contributed by atoms with Crippen molar-refractivity contribution in [3.05, 3.63) is 42.2 Å². The zero-order valence-corrected chi connectivity index (χ0v) is 12.8. The summed E-state index contributed by atoms with van der Waals surface area (Å²) in [5.74, 6) is -0.361. The number of hydrogen-bond acceptors (Lipinski definition) is 4. The van der Waals surface area contributed by atoms with Crippen LogP contribution in [0.4, 0.5) is 0 Å². The molecule has 122 valence electrons. The highest BCUT2D eigenvalue weighted by Crippen LogP contribution is 2.33. The van der Waals surface area contributed by atoms with E-state index in [0.29, 0.717) is 31.1 Å². The Kier molecular flexibility index (Phi) is 4.45. The Hall–Kier alpha value is -2.18. The van der Waals surface area contributed by atoms with Gasteiger partial charge in [0, 0.05) is 43.1 Å². The van der Waals surface area contributed by atoms with Gasteiger partial charge in [-0.05, 0) is 18.9 Å². The van der Waals surface area contributed by atoms with Crippen LogP contribution >= 0.6 is 0 Å². The van der Waals surface area contributed by atoms with Crippen LogP contribution in [0.15, 0.2) is 36.7 Å². The summed E-state index contributed by atoms with van der Waals surface area (Å²) in [6, 6.07) is 6.84. The van der Waals surface area contributed by atoms with E-state index in [4.69, 9.17) is 4.74 Å². The first-order valence-corrected chi connectivity index (χ1v) is 7.68. The summed E-state index contributed by atoms with van der Waals surface area (Å²) in [6.07, 6.45) is 5.06. The second-order valence-corrected chi connectivity index (χ2v) is 6.00. The van der Waals surface area contributed by atoms with E-state index in [1.807, 2.05) is 10.8 Å². The second kappa shape index (κ2) is 6.52. The molecule has 2 heterocycles. The molecule has 1 aromatic carbocycles. The number of imidazole rings is 1. The number of benzene rings is 1. The number of nitrogens with zero attached hydrogens (tertiary/aromatic N) is 2. The van der Waals surface area contributed by atoms with Crippen LogP contribution in [0.5, 0.6) is 0 Å². The highest BCUT2D eigenvalue weighted by molar-refractivity contribution is 5.95. The number of aromatic carboxylic acids is 1. The van der Waals surface area contributed by atoms with E-state index < -0.39 is 5.97 Å². The molecule has 0 radical (unpaired) electrons. The van der Waals surface area contributed by atoms with E-state index in [9.17, 15) is 15.0 Å². The van der Waals surface area contributed by atoms with Crippen LogP contribution in [0.2, 0.25) is 0 Å². The van der Waals surface area contributed by atoms with Crippen molar-refractivity contribution >= 4 is 5.97 Å². The Morgan fingerprint density at radius 1 is 1.30 bits per heavy atom. The number of aliphatic hydroxyl groups excluding tert-OH is 1. The van der Waals surface area contributed by atoms with E-state index in [2.05, 4.69) is 4.98 Å². The quantitative estimate of drug-likeness (QED) is 0.882. The van der Waals surface area contributed by atoms with Crippen LogP contribution in [0.25, 0.3) is 11.4 Å². The smallest absolute Gasteiger partial charge is 0.336 e. The fraction of sp³-hybridized carbons (Fsp3) is 0.412. The Morgan fingerprint density at radius 2 is 2.04 bits per heavy atom. The number of carboxylic acids is 1. The molecule has 0 aliphatic carbocycles. The number of ether oxygens (including phenoxy) is 1. The van der Waals surface area contributed by atoms with Crippen LogP contribution in [0, 0.1) is 5.41 Å². The summed E-state index contributed by atoms with van der Waals surface area (Å²) in [5.41, 5.74) is 0.571. The maximum atomic E-state index is 11.4. The fourth-order valence-electron chi connectivity index (χ4n) is 3.08. The van der Waals surface area contributed by atoms with Crippen LogP contribution in [-0.4, -0.2) is 45.6 Å². The van der Waals surface area contributed by atoms with E-state index in [-0.39, 0.29) is 17.6 Å². The molecule has 1 fully saturated rings. The molecule has 0 atom stereocenters. The lowest BCUT2D eigenvalue weighted by atomic mass is 9.81. The number of carbonyl (C=O) groups is 1. The van der Waals surface area contributed by atoms with Gasteiger partial charge in [-0.1, -0.05) is 18.2 Å². The predicted molar refractivity (Wildman–Crippen MR) is 84.2 cm³/mol. The van der Waals surface area contributed by atoms with Gasteiger partial charge in [-0.15, -0.1) is 0 Å². The first kappa shape index (κ1) is 15.7. The SMILES string of the molecule is O=C(O)c1ccccc1-c1nccn1CC1(CO)CCOCC1. The Morgan fingerprint density at radius 3 is 2.74 bits per heavy atom. The first-order valence-electron chi connectivity index (χ1n) is 7.68. The zero-order valence-electron chi connectivity index (χ0n) is 12.8. The second-order valence-electron chi connectivity index (χ2n) is 6.00. The molecule has 2 N–H and O–H groups in total. The molecule has 0 bridgehead atoms. The van der Waals surface area contributed by atoms with Gasteiger partial charge in [0.2, 0.25) is 0 Å². The molecule has 1 saturated heterocycles. The third-order valence-electron chi connectivity index (χ3n) is 4.51. The third-order valence-corrected chi connectivity index (χ3v) is 4.51. The molecule has 0 amide bonds. The minimum absolute atomic E-state index is 0.0779. The highest BCUT2D eigenvalue weighted by Gasteiger charge is 2.33. The van der Waals surface area contributed by atoms with Gasteiger partial charge in [-0.25, -0.2) is 9.78 Å². The van der Waals surface area contributed by atoms with Gasteiger partial charge < -0.3 is 19.5 Å². The highest BCUT2D eigenvalue weighted by atomic mass is 16.5. The third kappa shape index (κ3) is 3.13. The molecule has 23 heavy (non-hydrogen) atoms. The van der Waals surface area contributed by atoms with Gasteiger partial charge in [-0.2, -0.15) is 0 Å². The molecule has 1 aliphatic rings. The van der Waals surface area contributed by atoms with Crippen LogP contribution < -0.4 is 0 Å². The molecule has 0 unspecified atom stereocenters. The van der Waals surface area contributed by atoms with Crippen LogP contribution in [0.3, 0.4) is 0 Å². The lowest BCUT2D eigenvalue weighted by Gasteiger charge is -2.36. The standard InChI is InChI=1S/C17H20N2O4/c20-12-17(5-9-23-10-6-17)11-19-8-7-18-15(19)13-3-1-2-4-14(13)16(21)22/h1-4,7-8,20H,5-6,9-12H2,(H,21,22). The normalized spacial score (nSPS) is 17.1. The molecule has 3 rings (SSSR count). The van der Waals surface area contributed by atoms with Crippen molar-refractivity contribution in [3.8, 4) is 11.4 Å². The molecule has 0 saturated carbocycles. The van der Waals surface area contributed by atoms with E-state index >= 15 is 0 Å². The summed E-state index contributed by atoms with van der Waals surface area (Å²) >= 11 is 0. The monoisotopic (exact) mass is 316 g/mol. The molecular formula is C17H20N2O4. The van der Waals surface area contributed by atoms with Gasteiger partial charge in [-0.3, -0.25) is 0 Å². The maximum absolute atomic E-state index is 11.4. The van der Waals surface area contributed by atoms with Crippen molar-refractivity contribution in [2.24, 2.45) is 5.41 Å².